The highest BCUT2D eigenvalue weighted by atomic mass is 32.1. The van der Waals surface area contributed by atoms with Crippen LogP contribution in [-0.4, -0.2) is 30.1 Å². The van der Waals surface area contributed by atoms with Crippen molar-refractivity contribution in [1.82, 2.24) is 4.90 Å². The number of hydrogen-bond donors (Lipinski definition) is 1. The monoisotopic (exact) mass is 391 g/mol. The van der Waals surface area contributed by atoms with E-state index >= 15 is 0 Å². The van der Waals surface area contributed by atoms with E-state index in [-0.39, 0.29) is 18.7 Å². The number of thiophene rings is 1. The van der Waals surface area contributed by atoms with E-state index < -0.39 is 23.6 Å². The van der Waals surface area contributed by atoms with Crippen molar-refractivity contribution >= 4 is 28.3 Å². The summed E-state index contributed by atoms with van der Waals surface area (Å²) in [4.78, 5) is 26.5. The molecule has 6 nitrogen and oxygen atoms in total. The number of benzene rings is 1. The third-order valence-electron chi connectivity index (χ3n) is 4.10. The maximum atomic E-state index is 13.3. The first-order chi connectivity index (χ1) is 12.9. The predicted octanol–water partition coefficient (Wildman–Crippen LogP) is 3.66. The topological polar surface area (TPSA) is 82.4 Å². The summed E-state index contributed by atoms with van der Waals surface area (Å²) in [6.45, 7) is 2.69. The molecule has 0 atom stereocenters. The van der Waals surface area contributed by atoms with E-state index in [9.17, 15) is 23.6 Å². The largest absolute Gasteiger partial charge is 0.450 e. The van der Waals surface area contributed by atoms with Crippen LogP contribution in [-0.2, 0) is 17.7 Å². The Hall–Kier alpha value is -2.99. The van der Waals surface area contributed by atoms with Crippen LogP contribution in [0, 0.1) is 23.0 Å². The van der Waals surface area contributed by atoms with E-state index in [1.54, 1.807) is 6.92 Å². The number of halogens is 2. The van der Waals surface area contributed by atoms with Gasteiger partial charge in [0.1, 0.15) is 11.1 Å². The lowest BCUT2D eigenvalue weighted by Gasteiger charge is -2.25. The summed E-state index contributed by atoms with van der Waals surface area (Å²) in [6, 6.07) is 4.91. The van der Waals surface area contributed by atoms with Gasteiger partial charge in [0, 0.05) is 17.0 Å². The summed E-state index contributed by atoms with van der Waals surface area (Å²) in [5, 5.41) is 12.4. The molecule has 9 heteroatoms. The first kappa shape index (κ1) is 18.8. The van der Waals surface area contributed by atoms with Crippen LogP contribution >= 0.6 is 11.3 Å². The molecule has 0 unspecified atom stereocenters. The van der Waals surface area contributed by atoms with E-state index in [0.29, 0.717) is 23.5 Å². The van der Waals surface area contributed by atoms with Crippen molar-refractivity contribution < 1.29 is 23.1 Å². The van der Waals surface area contributed by atoms with Gasteiger partial charge in [0.25, 0.3) is 5.91 Å². The van der Waals surface area contributed by atoms with E-state index in [0.717, 1.165) is 28.6 Å². The first-order valence-corrected chi connectivity index (χ1v) is 8.99. The van der Waals surface area contributed by atoms with Crippen LogP contribution < -0.4 is 5.32 Å². The predicted molar refractivity (Wildman–Crippen MR) is 94.5 cm³/mol. The summed E-state index contributed by atoms with van der Waals surface area (Å²) >= 11 is 1.18. The van der Waals surface area contributed by atoms with E-state index in [4.69, 9.17) is 4.74 Å². The summed E-state index contributed by atoms with van der Waals surface area (Å²) in [5.74, 6) is -2.82. The second kappa shape index (κ2) is 7.72. The minimum Gasteiger partial charge on any atom is -0.450 e. The third kappa shape index (κ3) is 3.75. The van der Waals surface area contributed by atoms with Gasteiger partial charge in [0.2, 0.25) is 0 Å². The van der Waals surface area contributed by atoms with Crippen LogP contribution in [0.1, 0.15) is 33.3 Å². The second-order valence-electron chi connectivity index (χ2n) is 5.77. The quantitative estimate of drug-likeness (QED) is 0.866. The molecule has 2 heterocycles. The van der Waals surface area contributed by atoms with Gasteiger partial charge in [-0.1, -0.05) is 0 Å². The number of anilines is 1. The fourth-order valence-corrected chi connectivity index (χ4v) is 4.00. The summed E-state index contributed by atoms with van der Waals surface area (Å²) in [7, 11) is 0. The molecule has 2 amide bonds. The maximum absolute atomic E-state index is 13.3. The van der Waals surface area contributed by atoms with Crippen LogP contribution in [0.3, 0.4) is 0 Å². The second-order valence-corrected chi connectivity index (χ2v) is 6.88. The van der Waals surface area contributed by atoms with Crippen molar-refractivity contribution in [2.45, 2.75) is 19.9 Å². The fourth-order valence-electron chi connectivity index (χ4n) is 2.79. The van der Waals surface area contributed by atoms with Crippen molar-refractivity contribution in [2.24, 2.45) is 0 Å². The summed E-state index contributed by atoms with van der Waals surface area (Å²) in [6.07, 6.45) is 0.0385. The Labute approximate surface area is 158 Å². The number of carbonyl (C=O) groups is 2. The number of nitriles is 1. The zero-order valence-corrected chi connectivity index (χ0v) is 15.2. The smallest absolute Gasteiger partial charge is 0.410 e. The molecule has 0 saturated carbocycles. The van der Waals surface area contributed by atoms with Crippen molar-refractivity contribution in [3.05, 3.63) is 51.4 Å². The number of ether oxygens (including phenoxy) is 1. The number of nitrogens with zero attached hydrogens (tertiary/aromatic N) is 2. The third-order valence-corrected chi connectivity index (χ3v) is 5.24. The number of amides is 2. The molecule has 1 aromatic carbocycles. The highest BCUT2D eigenvalue weighted by Crippen LogP contribution is 2.37. The van der Waals surface area contributed by atoms with E-state index in [2.05, 4.69) is 11.4 Å². The van der Waals surface area contributed by atoms with E-state index in [1.165, 1.54) is 16.2 Å². The Bertz CT molecular complexity index is 952. The zero-order valence-electron chi connectivity index (χ0n) is 14.3. The molecule has 2 aromatic rings. The molecule has 0 spiro atoms. The molecule has 1 aliphatic heterocycles. The van der Waals surface area contributed by atoms with E-state index in [1.807, 2.05) is 0 Å². The Morgan fingerprint density at radius 1 is 1.37 bits per heavy atom. The molecule has 1 aliphatic rings. The van der Waals surface area contributed by atoms with Crippen molar-refractivity contribution in [1.29, 1.82) is 5.26 Å². The molecule has 0 radical (unpaired) electrons. The van der Waals surface area contributed by atoms with Crippen LogP contribution in [0.25, 0.3) is 0 Å². The van der Waals surface area contributed by atoms with Gasteiger partial charge in [-0.05, 0) is 37.1 Å². The van der Waals surface area contributed by atoms with Gasteiger partial charge in [0.05, 0.1) is 18.7 Å². The lowest BCUT2D eigenvalue weighted by atomic mass is 10.0. The van der Waals surface area contributed by atoms with Crippen molar-refractivity contribution in [2.75, 3.05) is 18.5 Å². The van der Waals surface area contributed by atoms with Gasteiger partial charge in [-0.15, -0.1) is 11.3 Å². The minimum absolute atomic E-state index is 0.0580. The molecule has 0 bridgehead atoms. The summed E-state index contributed by atoms with van der Waals surface area (Å²) < 4.78 is 31.4. The van der Waals surface area contributed by atoms with Gasteiger partial charge < -0.3 is 15.0 Å². The standard InChI is InChI=1S/C18H15F2N3O3S/c1-2-26-18(25)23-6-5-11-12(8-21)17(27-15(11)9-23)22-16(24)10-3-4-13(19)14(20)7-10/h3-4,7H,2,5-6,9H2,1H3,(H,22,24). The molecule has 1 N–H and O–H groups in total. The zero-order chi connectivity index (χ0) is 19.6. The Kier molecular flexibility index (Phi) is 5.37. The van der Waals surface area contributed by atoms with Gasteiger partial charge in [-0.25, -0.2) is 13.6 Å². The normalized spacial score (nSPS) is 12.9. The molecule has 140 valence electrons. The Morgan fingerprint density at radius 2 is 2.15 bits per heavy atom. The van der Waals surface area contributed by atoms with Crippen LogP contribution in [0.4, 0.5) is 18.6 Å². The van der Waals surface area contributed by atoms with Gasteiger partial charge >= 0.3 is 6.09 Å². The fraction of sp³-hybridized carbons (Fsp3) is 0.278. The average Bonchev–Trinajstić information content (AvgIpc) is 3.00. The molecular formula is C18H15F2N3O3S. The Balaban J connectivity index is 1.83. The van der Waals surface area contributed by atoms with Gasteiger partial charge in [-0.2, -0.15) is 5.26 Å². The van der Waals surface area contributed by atoms with Crippen LogP contribution in [0.5, 0.6) is 0 Å². The number of rotatable bonds is 3. The molecule has 0 fully saturated rings. The minimum atomic E-state index is -1.13. The molecule has 0 saturated heterocycles. The van der Waals surface area contributed by atoms with Crippen LogP contribution in [0.15, 0.2) is 18.2 Å². The SMILES string of the molecule is CCOC(=O)N1CCc2c(sc(NC(=O)c3ccc(F)c(F)c3)c2C#N)C1. The van der Waals surface area contributed by atoms with Crippen molar-refractivity contribution in [3.63, 3.8) is 0 Å². The van der Waals surface area contributed by atoms with Crippen LogP contribution in [0.2, 0.25) is 0 Å². The first-order valence-electron chi connectivity index (χ1n) is 8.17. The lowest BCUT2D eigenvalue weighted by Crippen LogP contribution is -2.35. The Morgan fingerprint density at radius 3 is 2.81 bits per heavy atom. The number of carbonyl (C=O) groups excluding carboxylic acids is 2. The highest BCUT2D eigenvalue weighted by molar-refractivity contribution is 7.16. The average molecular weight is 391 g/mol. The molecule has 27 heavy (non-hydrogen) atoms. The molecule has 0 aliphatic carbocycles. The van der Waals surface area contributed by atoms with Crippen molar-refractivity contribution in [3.8, 4) is 6.07 Å². The number of nitrogens with one attached hydrogen (secondary N) is 1. The lowest BCUT2D eigenvalue weighted by molar-refractivity contribution is 0.102. The molecule has 1 aromatic heterocycles. The number of hydrogen-bond acceptors (Lipinski definition) is 5. The maximum Gasteiger partial charge on any atom is 0.410 e. The van der Waals surface area contributed by atoms with Gasteiger partial charge in [0.15, 0.2) is 11.6 Å². The molecule has 3 rings (SSSR count). The highest BCUT2D eigenvalue weighted by Gasteiger charge is 2.28. The number of fused-ring (bicyclic) bond motifs is 1. The van der Waals surface area contributed by atoms with Gasteiger partial charge in [-0.3, -0.25) is 4.79 Å². The summed E-state index contributed by atoms with van der Waals surface area (Å²) in [5.41, 5.74) is 1.05. The molecular weight excluding hydrogens is 376 g/mol.